The van der Waals surface area contributed by atoms with Gasteiger partial charge in [0.1, 0.15) is 0 Å². The summed E-state index contributed by atoms with van der Waals surface area (Å²) in [6.45, 7) is 0.551. The minimum Gasteiger partial charge on any atom is -0.353 e. The van der Waals surface area contributed by atoms with Crippen LogP contribution in [0.1, 0.15) is 36.8 Å². The highest BCUT2D eigenvalue weighted by atomic mass is 16.5. The molecule has 1 aliphatic rings. The van der Waals surface area contributed by atoms with Gasteiger partial charge in [0, 0.05) is 19.0 Å². The van der Waals surface area contributed by atoms with Gasteiger partial charge in [-0.05, 0) is 40.7 Å². The van der Waals surface area contributed by atoms with Crippen molar-refractivity contribution in [1.82, 2.24) is 10.8 Å². The van der Waals surface area contributed by atoms with Gasteiger partial charge in [-0.2, -0.15) is 0 Å². The highest BCUT2D eigenvalue weighted by Gasteiger charge is 2.14. The van der Waals surface area contributed by atoms with Crippen molar-refractivity contribution >= 4 is 23.5 Å². The van der Waals surface area contributed by atoms with E-state index in [-0.39, 0.29) is 18.2 Å². The van der Waals surface area contributed by atoms with E-state index in [0.717, 1.165) is 40.7 Å². The van der Waals surface area contributed by atoms with Crippen molar-refractivity contribution in [2.75, 3.05) is 6.54 Å². The Bertz CT molecular complexity index is 916. The second-order valence-electron chi connectivity index (χ2n) is 6.70. The average Bonchev–Trinajstić information content (AvgIpc) is 2.88. The largest absolute Gasteiger partial charge is 0.353 e. The molecule has 0 atom stereocenters. The van der Waals surface area contributed by atoms with E-state index in [0.29, 0.717) is 13.0 Å². The molecule has 0 spiro atoms. The molecule has 3 N–H and O–H groups in total. The van der Waals surface area contributed by atoms with E-state index in [9.17, 15) is 9.59 Å². The van der Waals surface area contributed by atoms with Crippen molar-refractivity contribution in [3.63, 3.8) is 0 Å². The Morgan fingerprint density at radius 1 is 0.857 bits per heavy atom. The first-order chi connectivity index (χ1) is 13.7. The lowest BCUT2D eigenvalue weighted by molar-refractivity contribution is -0.129. The van der Waals surface area contributed by atoms with Gasteiger partial charge in [-0.1, -0.05) is 67.1 Å². The number of nitrogens with one attached hydrogen (secondary N) is 2. The molecule has 0 aliphatic heterocycles. The van der Waals surface area contributed by atoms with E-state index >= 15 is 0 Å². The SMILES string of the molecule is O=C(C=C1C=Cc2ccccc2-c2ccccc21)NCCCCCC(=O)NO. The molecule has 0 saturated carbocycles. The molecule has 28 heavy (non-hydrogen) atoms. The lowest BCUT2D eigenvalue weighted by Crippen LogP contribution is -2.22. The van der Waals surface area contributed by atoms with E-state index in [4.69, 9.17) is 5.21 Å². The average molecular weight is 376 g/mol. The molecule has 0 bridgehead atoms. The van der Waals surface area contributed by atoms with Gasteiger partial charge in [0.15, 0.2) is 0 Å². The number of carbonyl (C=O) groups excluding carboxylic acids is 2. The highest BCUT2D eigenvalue weighted by molar-refractivity contribution is 6.02. The molecule has 0 fully saturated rings. The Kier molecular flexibility index (Phi) is 6.76. The minimum atomic E-state index is -0.381. The molecular formula is C23H24N2O3. The summed E-state index contributed by atoms with van der Waals surface area (Å²) in [6.07, 6.45) is 8.22. The van der Waals surface area contributed by atoms with Crippen LogP contribution >= 0.6 is 0 Å². The molecule has 2 aromatic carbocycles. The molecule has 1 aliphatic carbocycles. The maximum absolute atomic E-state index is 12.4. The van der Waals surface area contributed by atoms with E-state index in [1.807, 2.05) is 42.5 Å². The van der Waals surface area contributed by atoms with Crippen molar-refractivity contribution in [3.05, 3.63) is 71.8 Å². The van der Waals surface area contributed by atoms with E-state index < -0.39 is 0 Å². The summed E-state index contributed by atoms with van der Waals surface area (Å²) in [7, 11) is 0. The molecule has 5 nitrogen and oxygen atoms in total. The molecule has 0 radical (unpaired) electrons. The number of rotatable bonds is 7. The second kappa shape index (κ2) is 9.67. The van der Waals surface area contributed by atoms with Gasteiger partial charge < -0.3 is 5.32 Å². The van der Waals surface area contributed by atoms with Crippen LogP contribution in [0.3, 0.4) is 0 Å². The zero-order valence-electron chi connectivity index (χ0n) is 15.7. The van der Waals surface area contributed by atoms with Gasteiger partial charge in [0.05, 0.1) is 0 Å². The summed E-state index contributed by atoms with van der Waals surface area (Å²) in [5.74, 6) is -0.512. The first kappa shape index (κ1) is 19.6. The van der Waals surface area contributed by atoms with Gasteiger partial charge >= 0.3 is 0 Å². The number of unbranched alkanes of at least 4 members (excludes halogenated alkanes) is 2. The number of allylic oxidation sites excluding steroid dienone is 2. The van der Waals surface area contributed by atoms with Crippen LogP contribution in [0.2, 0.25) is 0 Å². The quantitative estimate of drug-likeness (QED) is 0.296. The van der Waals surface area contributed by atoms with Gasteiger partial charge in [-0.25, -0.2) is 5.48 Å². The fraction of sp³-hybridized carbons (Fsp3) is 0.217. The normalized spacial score (nSPS) is 13.4. The second-order valence-corrected chi connectivity index (χ2v) is 6.70. The van der Waals surface area contributed by atoms with E-state index in [1.165, 1.54) is 0 Å². The summed E-state index contributed by atoms with van der Waals surface area (Å²) < 4.78 is 0. The fourth-order valence-electron chi connectivity index (χ4n) is 3.30. The van der Waals surface area contributed by atoms with Crippen LogP contribution in [0.15, 0.2) is 60.7 Å². The zero-order valence-corrected chi connectivity index (χ0v) is 15.7. The van der Waals surface area contributed by atoms with Crippen LogP contribution in [-0.2, 0) is 9.59 Å². The van der Waals surface area contributed by atoms with Crippen molar-refractivity contribution in [2.45, 2.75) is 25.7 Å². The van der Waals surface area contributed by atoms with Gasteiger partial charge in [-0.15, -0.1) is 0 Å². The van der Waals surface area contributed by atoms with Crippen LogP contribution in [0.25, 0.3) is 22.8 Å². The van der Waals surface area contributed by atoms with Gasteiger partial charge in [-0.3, -0.25) is 14.8 Å². The maximum Gasteiger partial charge on any atom is 0.244 e. The summed E-state index contributed by atoms with van der Waals surface area (Å²) in [4.78, 5) is 23.3. The first-order valence-electron chi connectivity index (χ1n) is 9.48. The van der Waals surface area contributed by atoms with Crippen LogP contribution in [0.4, 0.5) is 0 Å². The highest BCUT2D eigenvalue weighted by Crippen LogP contribution is 2.35. The molecule has 5 heteroatoms. The Morgan fingerprint density at radius 2 is 1.57 bits per heavy atom. The molecule has 3 rings (SSSR count). The zero-order chi connectivity index (χ0) is 19.8. The van der Waals surface area contributed by atoms with Crippen molar-refractivity contribution in [3.8, 4) is 11.1 Å². The third kappa shape index (κ3) is 4.96. The fourth-order valence-corrected chi connectivity index (χ4v) is 3.30. The minimum absolute atomic E-state index is 0.131. The van der Waals surface area contributed by atoms with Crippen molar-refractivity contribution in [2.24, 2.45) is 0 Å². The number of hydrogen-bond donors (Lipinski definition) is 3. The lowest BCUT2D eigenvalue weighted by Gasteiger charge is -2.10. The van der Waals surface area contributed by atoms with Crippen LogP contribution in [0, 0.1) is 0 Å². The third-order valence-electron chi connectivity index (χ3n) is 4.72. The van der Waals surface area contributed by atoms with Crippen LogP contribution < -0.4 is 10.8 Å². The van der Waals surface area contributed by atoms with Crippen LogP contribution in [-0.4, -0.2) is 23.6 Å². The number of hydroxylamine groups is 1. The number of hydrogen-bond acceptors (Lipinski definition) is 3. The Balaban J connectivity index is 1.64. The predicted octanol–water partition coefficient (Wildman–Crippen LogP) is 3.95. The van der Waals surface area contributed by atoms with Crippen LogP contribution in [0.5, 0.6) is 0 Å². The Morgan fingerprint density at radius 3 is 2.36 bits per heavy atom. The summed E-state index contributed by atoms with van der Waals surface area (Å²) in [6, 6.07) is 16.3. The van der Waals surface area contributed by atoms with Gasteiger partial charge in [0.25, 0.3) is 0 Å². The summed E-state index contributed by atoms with van der Waals surface area (Å²) in [5.41, 5.74) is 6.93. The Hall–Kier alpha value is -3.18. The van der Waals surface area contributed by atoms with Crippen molar-refractivity contribution < 1.29 is 14.8 Å². The third-order valence-corrected chi connectivity index (χ3v) is 4.72. The molecule has 0 saturated heterocycles. The first-order valence-corrected chi connectivity index (χ1v) is 9.48. The van der Waals surface area contributed by atoms with Gasteiger partial charge in [0.2, 0.25) is 11.8 Å². The molecule has 2 aromatic rings. The standard InChI is InChI=1S/C23H24N2O3/c26-22(25-28)12-2-1-7-15-24-23(27)16-18-14-13-17-8-3-4-9-19(17)21-11-6-5-10-20(18)21/h3-6,8-11,13-14,16,28H,1-2,7,12,15H2,(H,24,27)(H,25,26). The molecule has 144 valence electrons. The summed E-state index contributed by atoms with van der Waals surface area (Å²) >= 11 is 0. The lowest BCUT2D eigenvalue weighted by atomic mass is 9.94. The molecule has 2 amide bonds. The molecule has 0 unspecified atom stereocenters. The molecule has 0 aromatic heterocycles. The van der Waals surface area contributed by atoms with E-state index in [1.54, 1.807) is 11.6 Å². The number of fused-ring (bicyclic) bond motifs is 3. The summed E-state index contributed by atoms with van der Waals surface area (Å²) in [5, 5.41) is 11.3. The predicted molar refractivity (Wildman–Crippen MR) is 110 cm³/mol. The molecular weight excluding hydrogens is 352 g/mol. The Labute approximate surface area is 164 Å². The number of carbonyl (C=O) groups is 2. The van der Waals surface area contributed by atoms with Crippen molar-refractivity contribution in [1.29, 1.82) is 0 Å². The smallest absolute Gasteiger partial charge is 0.244 e. The van der Waals surface area contributed by atoms with E-state index in [2.05, 4.69) is 23.5 Å². The topological polar surface area (TPSA) is 78.4 Å². The maximum atomic E-state index is 12.4. The monoisotopic (exact) mass is 376 g/mol. The number of benzene rings is 2. The molecule has 0 heterocycles. The number of amides is 2.